The number of nitrogens with zero attached hydrogens (tertiary/aromatic N) is 1. The fourth-order valence-electron chi connectivity index (χ4n) is 1.47. The molecule has 0 atom stereocenters. The van der Waals surface area contributed by atoms with Crippen molar-refractivity contribution in [1.82, 2.24) is 0 Å². The van der Waals surface area contributed by atoms with Gasteiger partial charge in [-0.1, -0.05) is 32.0 Å². The van der Waals surface area contributed by atoms with E-state index in [1.807, 2.05) is 13.8 Å². The lowest BCUT2D eigenvalue weighted by Gasteiger charge is -2.27. The van der Waals surface area contributed by atoms with E-state index in [1.54, 1.807) is 0 Å². The molecule has 1 nitrogen and oxygen atoms in total. The van der Waals surface area contributed by atoms with Gasteiger partial charge in [-0.3, -0.25) is 0 Å². The van der Waals surface area contributed by atoms with E-state index >= 15 is 0 Å². The summed E-state index contributed by atoms with van der Waals surface area (Å²) in [6.07, 6.45) is 0. The van der Waals surface area contributed by atoms with Crippen LogP contribution in [0.25, 0.3) is 0 Å². The van der Waals surface area contributed by atoms with Crippen LogP contribution in [0.1, 0.15) is 34.6 Å². The Labute approximate surface area is 88.8 Å². The monoisotopic (exact) mass is 193 g/mol. The Balaban J connectivity index is 0.000000791. The molecule has 0 radical (unpaired) electrons. The van der Waals surface area contributed by atoms with Crippen LogP contribution in [0.5, 0.6) is 0 Å². The van der Waals surface area contributed by atoms with Gasteiger partial charge in [0.15, 0.2) is 0 Å². The molecule has 0 aliphatic heterocycles. The Morgan fingerprint density at radius 1 is 1.07 bits per heavy atom. The molecule has 0 aromatic heterocycles. The molecule has 0 saturated heterocycles. The largest absolute Gasteiger partial charge is 0.369 e. The third kappa shape index (κ3) is 3.82. The quantitative estimate of drug-likeness (QED) is 0.702. The lowest BCUT2D eigenvalue weighted by Crippen LogP contribution is -2.30. The van der Waals surface area contributed by atoms with Crippen LogP contribution < -0.4 is 4.90 Å². The lowest BCUT2D eigenvalue weighted by atomic mass is 10.2. The molecule has 1 aromatic carbocycles. The Hall–Kier alpha value is -0.980. The summed E-state index contributed by atoms with van der Waals surface area (Å²) in [5, 5.41) is 0. The van der Waals surface area contributed by atoms with E-state index in [0.29, 0.717) is 6.04 Å². The van der Waals surface area contributed by atoms with Crippen LogP contribution in [0, 0.1) is 0 Å². The summed E-state index contributed by atoms with van der Waals surface area (Å²) in [5.74, 6) is 0. The first-order valence-electron chi connectivity index (χ1n) is 5.57. The van der Waals surface area contributed by atoms with Crippen molar-refractivity contribution in [3.63, 3.8) is 0 Å². The van der Waals surface area contributed by atoms with Gasteiger partial charge in [-0.25, -0.2) is 0 Å². The molecule has 0 amide bonds. The molecule has 0 fully saturated rings. The summed E-state index contributed by atoms with van der Waals surface area (Å²) in [5.41, 5.74) is 1.31. The van der Waals surface area contributed by atoms with E-state index < -0.39 is 0 Å². The van der Waals surface area contributed by atoms with Crippen LogP contribution in [0.4, 0.5) is 5.69 Å². The minimum Gasteiger partial charge on any atom is -0.369 e. The summed E-state index contributed by atoms with van der Waals surface area (Å²) >= 11 is 0. The van der Waals surface area contributed by atoms with E-state index in [-0.39, 0.29) is 0 Å². The predicted octanol–water partition coefficient (Wildman–Crippen LogP) is 3.95. The van der Waals surface area contributed by atoms with E-state index in [9.17, 15) is 0 Å². The zero-order chi connectivity index (χ0) is 11.0. The first kappa shape index (κ1) is 13.0. The molecule has 0 unspecified atom stereocenters. The van der Waals surface area contributed by atoms with E-state index in [0.717, 1.165) is 6.54 Å². The van der Waals surface area contributed by atoms with Gasteiger partial charge in [0.05, 0.1) is 0 Å². The van der Waals surface area contributed by atoms with Crippen LogP contribution in [0.3, 0.4) is 0 Å². The van der Waals surface area contributed by atoms with Gasteiger partial charge in [0.25, 0.3) is 0 Å². The molecule has 0 saturated carbocycles. The van der Waals surface area contributed by atoms with Gasteiger partial charge in [0.2, 0.25) is 0 Å². The Morgan fingerprint density at radius 3 is 1.93 bits per heavy atom. The van der Waals surface area contributed by atoms with Gasteiger partial charge < -0.3 is 4.90 Å². The summed E-state index contributed by atoms with van der Waals surface area (Å²) in [6.45, 7) is 11.7. The fourth-order valence-corrected chi connectivity index (χ4v) is 1.47. The highest BCUT2D eigenvalue weighted by Crippen LogP contribution is 2.15. The van der Waals surface area contributed by atoms with Crippen molar-refractivity contribution < 1.29 is 0 Å². The second-order valence-corrected chi connectivity index (χ2v) is 3.22. The Bertz CT molecular complexity index is 216. The van der Waals surface area contributed by atoms with Gasteiger partial charge in [-0.05, 0) is 32.9 Å². The first-order valence-corrected chi connectivity index (χ1v) is 5.57. The predicted molar refractivity (Wildman–Crippen MR) is 65.9 cm³/mol. The highest BCUT2D eigenvalue weighted by molar-refractivity contribution is 5.46. The van der Waals surface area contributed by atoms with Gasteiger partial charge in [-0.2, -0.15) is 0 Å². The molecule has 14 heavy (non-hydrogen) atoms. The fraction of sp³-hybridized carbons (Fsp3) is 0.538. The van der Waals surface area contributed by atoms with E-state index in [1.165, 1.54) is 5.69 Å². The molecule has 1 heteroatoms. The van der Waals surface area contributed by atoms with Crippen molar-refractivity contribution in [2.75, 3.05) is 11.4 Å². The minimum absolute atomic E-state index is 0.581. The third-order valence-corrected chi connectivity index (χ3v) is 2.05. The number of para-hydroxylation sites is 1. The molecule has 0 spiro atoms. The Morgan fingerprint density at radius 2 is 1.57 bits per heavy atom. The number of hydrogen-bond donors (Lipinski definition) is 0. The molecule has 0 bridgehead atoms. The summed E-state index contributed by atoms with van der Waals surface area (Å²) in [4.78, 5) is 2.38. The molecule has 80 valence electrons. The highest BCUT2D eigenvalue weighted by Gasteiger charge is 2.05. The SMILES string of the molecule is CC.CCN(c1ccccc1)C(C)C. The molecule has 0 aliphatic rings. The average Bonchev–Trinajstić information content (AvgIpc) is 2.23. The molecule has 0 aliphatic carbocycles. The van der Waals surface area contributed by atoms with Crippen LogP contribution in [0.15, 0.2) is 30.3 Å². The molecular weight excluding hydrogens is 170 g/mol. The molecule has 0 heterocycles. The summed E-state index contributed by atoms with van der Waals surface area (Å²) in [7, 11) is 0. The van der Waals surface area contributed by atoms with Gasteiger partial charge >= 0.3 is 0 Å². The highest BCUT2D eigenvalue weighted by atomic mass is 15.1. The number of benzene rings is 1. The maximum Gasteiger partial charge on any atom is 0.0368 e. The second-order valence-electron chi connectivity index (χ2n) is 3.22. The van der Waals surface area contributed by atoms with Crippen molar-refractivity contribution >= 4 is 5.69 Å². The van der Waals surface area contributed by atoms with E-state index in [2.05, 4.69) is 56.0 Å². The lowest BCUT2D eigenvalue weighted by molar-refractivity contribution is 0.704. The van der Waals surface area contributed by atoms with Crippen LogP contribution >= 0.6 is 0 Å². The molecule has 1 aromatic rings. The third-order valence-electron chi connectivity index (χ3n) is 2.05. The zero-order valence-corrected chi connectivity index (χ0v) is 10.1. The maximum atomic E-state index is 2.38. The van der Waals surface area contributed by atoms with Gasteiger partial charge in [-0.15, -0.1) is 0 Å². The van der Waals surface area contributed by atoms with Crippen molar-refractivity contribution in [2.24, 2.45) is 0 Å². The van der Waals surface area contributed by atoms with Crippen molar-refractivity contribution in [3.8, 4) is 0 Å². The molecular formula is C13H23N. The Kier molecular flexibility index (Phi) is 6.91. The smallest absolute Gasteiger partial charge is 0.0368 e. The summed E-state index contributed by atoms with van der Waals surface area (Å²) < 4.78 is 0. The topological polar surface area (TPSA) is 3.24 Å². The maximum absolute atomic E-state index is 2.38. The van der Waals surface area contributed by atoms with Crippen LogP contribution in [-0.2, 0) is 0 Å². The van der Waals surface area contributed by atoms with Gasteiger partial charge in [0.1, 0.15) is 0 Å². The minimum atomic E-state index is 0.581. The zero-order valence-electron chi connectivity index (χ0n) is 10.1. The van der Waals surface area contributed by atoms with E-state index in [4.69, 9.17) is 0 Å². The normalized spacial score (nSPS) is 9.29. The van der Waals surface area contributed by atoms with Crippen LogP contribution in [-0.4, -0.2) is 12.6 Å². The number of anilines is 1. The average molecular weight is 193 g/mol. The molecule has 1 rings (SSSR count). The number of rotatable bonds is 3. The second kappa shape index (κ2) is 7.43. The summed E-state index contributed by atoms with van der Waals surface area (Å²) in [6, 6.07) is 11.1. The van der Waals surface area contributed by atoms with Gasteiger partial charge in [0, 0.05) is 18.3 Å². The first-order chi connectivity index (χ1) is 6.75. The van der Waals surface area contributed by atoms with Crippen molar-refractivity contribution in [1.29, 1.82) is 0 Å². The molecule has 0 N–H and O–H groups in total. The van der Waals surface area contributed by atoms with Crippen LogP contribution in [0.2, 0.25) is 0 Å². The number of hydrogen-bond acceptors (Lipinski definition) is 1. The van der Waals surface area contributed by atoms with Crippen molar-refractivity contribution in [2.45, 2.75) is 40.7 Å². The standard InChI is InChI=1S/C11H17N.C2H6/c1-4-12(10(2)3)11-8-6-5-7-9-11;1-2/h5-10H,4H2,1-3H3;1-2H3. The van der Waals surface area contributed by atoms with Crippen molar-refractivity contribution in [3.05, 3.63) is 30.3 Å².